The van der Waals surface area contributed by atoms with Gasteiger partial charge in [-0.25, -0.2) is 0 Å². The highest BCUT2D eigenvalue weighted by Gasteiger charge is 2.14. The number of aromatic nitrogens is 2. The Morgan fingerprint density at radius 2 is 2.17 bits per heavy atom. The molecule has 0 aliphatic carbocycles. The van der Waals surface area contributed by atoms with Crippen LogP contribution in [0.2, 0.25) is 0 Å². The number of hydrogen-bond acceptors (Lipinski definition) is 2. The van der Waals surface area contributed by atoms with Crippen LogP contribution in [0.3, 0.4) is 0 Å². The Labute approximate surface area is 115 Å². The van der Waals surface area contributed by atoms with E-state index in [0.717, 1.165) is 23.0 Å². The lowest BCUT2D eigenvalue weighted by Crippen LogP contribution is -2.11. The van der Waals surface area contributed by atoms with Crippen LogP contribution in [-0.2, 0) is 6.54 Å². The molecule has 0 N–H and O–H groups in total. The average Bonchev–Trinajstić information content (AvgIpc) is 2.80. The van der Waals surface area contributed by atoms with Crippen LogP contribution >= 0.6 is 15.9 Å². The maximum Gasteiger partial charge on any atom is 0.211 e. The van der Waals surface area contributed by atoms with Gasteiger partial charge in [-0.3, -0.25) is 9.48 Å². The second-order valence-corrected chi connectivity index (χ2v) is 5.09. The lowest BCUT2D eigenvalue weighted by atomic mass is 10.1. The van der Waals surface area contributed by atoms with Crippen LogP contribution in [0.5, 0.6) is 0 Å². The van der Waals surface area contributed by atoms with Gasteiger partial charge < -0.3 is 0 Å². The summed E-state index contributed by atoms with van der Waals surface area (Å²) in [6.45, 7) is 4.83. The molecule has 0 aliphatic rings. The minimum absolute atomic E-state index is 0.0154. The molecule has 0 radical (unpaired) electrons. The molecular formula is C14H15BrN2O. The number of ketones is 1. The summed E-state index contributed by atoms with van der Waals surface area (Å²) in [6, 6.07) is 7.43. The third-order valence-electron chi connectivity index (χ3n) is 2.82. The van der Waals surface area contributed by atoms with Gasteiger partial charge in [0.25, 0.3) is 0 Å². The molecule has 0 unspecified atom stereocenters. The van der Waals surface area contributed by atoms with Crippen LogP contribution in [0.1, 0.15) is 35.0 Å². The van der Waals surface area contributed by atoms with Crippen molar-refractivity contribution < 1.29 is 4.79 Å². The van der Waals surface area contributed by atoms with Crippen molar-refractivity contribution in [3.05, 3.63) is 51.8 Å². The monoisotopic (exact) mass is 306 g/mol. The smallest absolute Gasteiger partial charge is 0.211 e. The zero-order chi connectivity index (χ0) is 13.1. The first-order valence-electron chi connectivity index (χ1n) is 5.96. The Kier molecular flexibility index (Phi) is 3.97. The van der Waals surface area contributed by atoms with Crippen LogP contribution in [0.4, 0.5) is 0 Å². The SMILES string of the molecule is CCCn1nccc1C(=O)c1ccc(C)c(Br)c1. The van der Waals surface area contributed by atoms with Crippen LogP contribution in [-0.4, -0.2) is 15.6 Å². The summed E-state index contributed by atoms with van der Waals surface area (Å²) in [5.74, 6) is 0.0154. The van der Waals surface area contributed by atoms with Gasteiger partial charge in [0.05, 0.1) is 0 Å². The maximum absolute atomic E-state index is 12.4. The van der Waals surface area contributed by atoms with E-state index in [4.69, 9.17) is 0 Å². The molecule has 1 aromatic heterocycles. The molecule has 4 heteroatoms. The number of hydrogen-bond donors (Lipinski definition) is 0. The van der Waals surface area contributed by atoms with E-state index >= 15 is 0 Å². The summed E-state index contributed by atoms with van der Waals surface area (Å²) in [5.41, 5.74) is 2.45. The fourth-order valence-electron chi connectivity index (χ4n) is 1.80. The van der Waals surface area contributed by atoms with Crippen molar-refractivity contribution in [1.29, 1.82) is 0 Å². The van der Waals surface area contributed by atoms with Gasteiger partial charge in [0.2, 0.25) is 5.78 Å². The zero-order valence-electron chi connectivity index (χ0n) is 10.5. The van der Waals surface area contributed by atoms with E-state index < -0.39 is 0 Å². The molecule has 18 heavy (non-hydrogen) atoms. The molecule has 1 heterocycles. The highest BCUT2D eigenvalue weighted by Crippen LogP contribution is 2.19. The number of rotatable bonds is 4. The highest BCUT2D eigenvalue weighted by molar-refractivity contribution is 9.10. The number of halogens is 1. The van der Waals surface area contributed by atoms with Crippen molar-refractivity contribution in [2.75, 3.05) is 0 Å². The first-order valence-corrected chi connectivity index (χ1v) is 6.75. The molecule has 0 fully saturated rings. The minimum Gasteiger partial charge on any atom is -0.287 e. The topological polar surface area (TPSA) is 34.9 Å². The Morgan fingerprint density at radius 3 is 2.83 bits per heavy atom. The van der Waals surface area contributed by atoms with E-state index in [1.807, 2.05) is 25.1 Å². The number of nitrogens with zero attached hydrogens (tertiary/aromatic N) is 2. The number of benzene rings is 1. The molecule has 2 aromatic rings. The molecule has 0 bridgehead atoms. The van der Waals surface area contributed by atoms with Crippen molar-refractivity contribution in [3.63, 3.8) is 0 Å². The first-order chi connectivity index (χ1) is 8.63. The van der Waals surface area contributed by atoms with E-state index in [2.05, 4.69) is 28.0 Å². The normalized spacial score (nSPS) is 10.6. The Bertz CT molecular complexity index is 575. The Balaban J connectivity index is 2.35. The molecule has 0 amide bonds. The van der Waals surface area contributed by atoms with Crippen LogP contribution < -0.4 is 0 Å². The van der Waals surface area contributed by atoms with E-state index in [-0.39, 0.29) is 5.78 Å². The first kappa shape index (κ1) is 13.0. The third kappa shape index (κ3) is 2.53. The van der Waals surface area contributed by atoms with E-state index in [1.165, 1.54) is 0 Å². The molecule has 2 rings (SSSR count). The summed E-state index contributed by atoms with van der Waals surface area (Å²) >= 11 is 3.45. The minimum atomic E-state index is 0.0154. The van der Waals surface area contributed by atoms with Crippen molar-refractivity contribution in [3.8, 4) is 0 Å². The lowest BCUT2D eigenvalue weighted by Gasteiger charge is -2.06. The fourth-order valence-corrected chi connectivity index (χ4v) is 2.18. The predicted molar refractivity (Wildman–Crippen MR) is 74.8 cm³/mol. The van der Waals surface area contributed by atoms with Gasteiger partial charge in [-0.05, 0) is 31.0 Å². The lowest BCUT2D eigenvalue weighted by molar-refractivity contribution is 0.102. The molecule has 0 spiro atoms. The summed E-state index contributed by atoms with van der Waals surface area (Å²) in [6.07, 6.45) is 2.63. The molecule has 0 saturated heterocycles. The van der Waals surface area contributed by atoms with E-state index in [9.17, 15) is 4.79 Å². The summed E-state index contributed by atoms with van der Waals surface area (Å²) in [4.78, 5) is 12.4. The van der Waals surface area contributed by atoms with Crippen molar-refractivity contribution >= 4 is 21.7 Å². The predicted octanol–water partition coefficient (Wildman–Crippen LogP) is 3.60. The van der Waals surface area contributed by atoms with Crippen LogP contribution in [0.25, 0.3) is 0 Å². The molecule has 0 saturated carbocycles. The summed E-state index contributed by atoms with van der Waals surface area (Å²) < 4.78 is 2.71. The standard InChI is InChI=1S/C14H15BrN2O/c1-3-8-17-13(6-7-16-17)14(18)11-5-4-10(2)12(15)9-11/h4-7,9H,3,8H2,1-2H3. The average molecular weight is 307 g/mol. The second kappa shape index (κ2) is 5.48. The van der Waals surface area contributed by atoms with Crippen LogP contribution in [0, 0.1) is 6.92 Å². The largest absolute Gasteiger partial charge is 0.287 e. The molecular weight excluding hydrogens is 292 g/mol. The van der Waals surface area contributed by atoms with Gasteiger partial charge in [0.15, 0.2) is 0 Å². The molecule has 3 nitrogen and oxygen atoms in total. The quantitative estimate of drug-likeness (QED) is 0.809. The van der Waals surface area contributed by atoms with Crippen molar-refractivity contribution in [2.24, 2.45) is 0 Å². The maximum atomic E-state index is 12.4. The molecule has 0 aliphatic heterocycles. The Hall–Kier alpha value is -1.42. The van der Waals surface area contributed by atoms with Gasteiger partial charge in [-0.2, -0.15) is 5.10 Å². The number of carbonyl (C=O) groups is 1. The van der Waals surface area contributed by atoms with Gasteiger partial charge in [-0.1, -0.05) is 35.0 Å². The van der Waals surface area contributed by atoms with Gasteiger partial charge in [0.1, 0.15) is 5.69 Å². The third-order valence-corrected chi connectivity index (χ3v) is 3.67. The Morgan fingerprint density at radius 1 is 1.39 bits per heavy atom. The van der Waals surface area contributed by atoms with E-state index in [0.29, 0.717) is 11.3 Å². The van der Waals surface area contributed by atoms with Crippen LogP contribution in [0.15, 0.2) is 34.9 Å². The van der Waals surface area contributed by atoms with Gasteiger partial charge in [-0.15, -0.1) is 0 Å². The second-order valence-electron chi connectivity index (χ2n) is 4.23. The molecule has 94 valence electrons. The van der Waals surface area contributed by atoms with Crippen molar-refractivity contribution in [2.45, 2.75) is 26.8 Å². The highest BCUT2D eigenvalue weighted by atomic mass is 79.9. The zero-order valence-corrected chi connectivity index (χ0v) is 12.1. The number of aryl methyl sites for hydroxylation is 2. The number of carbonyl (C=O) groups excluding carboxylic acids is 1. The van der Waals surface area contributed by atoms with Gasteiger partial charge >= 0.3 is 0 Å². The summed E-state index contributed by atoms with van der Waals surface area (Å²) in [7, 11) is 0. The summed E-state index contributed by atoms with van der Waals surface area (Å²) in [5, 5.41) is 4.18. The molecule has 0 atom stereocenters. The fraction of sp³-hybridized carbons (Fsp3) is 0.286. The van der Waals surface area contributed by atoms with Crippen molar-refractivity contribution in [1.82, 2.24) is 9.78 Å². The van der Waals surface area contributed by atoms with E-state index in [1.54, 1.807) is 16.9 Å². The molecule has 1 aromatic carbocycles. The van der Waals surface area contributed by atoms with Gasteiger partial charge in [0, 0.05) is 22.8 Å².